The summed E-state index contributed by atoms with van der Waals surface area (Å²) in [6, 6.07) is 0.0325. The summed E-state index contributed by atoms with van der Waals surface area (Å²) >= 11 is 0. The second-order valence-electron chi connectivity index (χ2n) is 6.08. The van der Waals surface area contributed by atoms with Gasteiger partial charge in [0.25, 0.3) is 0 Å². The minimum absolute atomic E-state index is 0.0325. The molecule has 2 aromatic rings. The maximum Gasteiger partial charge on any atom is 0.227 e. The second-order valence-corrected chi connectivity index (χ2v) is 6.08. The van der Waals surface area contributed by atoms with Crippen molar-refractivity contribution in [2.24, 2.45) is 0 Å². The molecule has 1 fully saturated rings. The van der Waals surface area contributed by atoms with Gasteiger partial charge in [0, 0.05) is 37.7 Å². The Morgan fingerprint density at radius 3 is 3.00 bits per heavy atom. The molecule has 0 aliphatic carbocycles. The maximum atomic E-state index is 12.5. The first-order valence-electron chi connectivity index (χ1n) is 8.03. The van der Waals surface area contributed by atoms with Crippen LogP contribution in [0.2, 0.25) is 0 Å². The van der Waals surface area contributed by atoms with Gasteiger partial charge in [0.1, 0.15) is 0 Å². The zero-order valence-electron chi connectivity index (χ0n) is 13.5. The zero-order chi connectivity index (χ0) is 16.2. The lowest BCUT2D eigenvalue weighted by atomic mass is 10.1. The van der Waals surface area contributed by atoms with Gasteiger partial charge in [-0.05, 0) is 12.8 Å². The first-order valence-corrected chi connectivity index (χ1v) is 8.03. The Hall–Kier alpha value is -2.31. The average Bonchev–Trinajstić information content (AvgIpc) is 3.23. The van der Waals surface area contributed by atoms with Gasteiger partial charge in [-0.2, -0.15) is 4.98 Å². The highest BCUT2D eigenvalue weighted by Crippen LogP contribution is 2.30. The number of nitrogens with zero attached hydrogens (tertiary/aromatic N) is 5. The van der Waals surface area contributed by atoms with Crippen molar-refractivity contribution >= 4 is 5.91 Å². The Bertz CT molecular complexity index is 656. The van der Waals surface area contributed by atoms with Crippen molar-refractivity contribution in [2.75, 3.05) is 6.54 Å². The molecule has 2 aromatic heterocycles. The summed E-state index contributed by atoms with van der Waals surface area (Å²) in [7, 11) is 0. The van der Waals surface area contributed by atoms with Crippen LogP contribution in [0.1, 0.15) is 62.5 Å². The Morgan fingerprint density at radius 2 is 2.30 bits per heavy atom. The fourth-order valence-electron chi connectivity index (χ4n) is 2.82. The normalized spacial score (nSPS) is 17.9. The van der Waals surface area contributed by atoms with Crippen LogP contribution in [0.3, 0.4) is 0 Å². The molecule has 0 unspecified atom stereocenters. The summed E-state index contributed by atoms with van der Waals surface area (Å²) in [6.07, 6.45) is 7.82. The van der Waals surface area contributed by atoms with Gasteiger partial charge >= 0.3 is 0 Å². The molecule has 122 valence electrons. The molecule has 0 saturated carbocycles. The fraction of sp³-hybridized carbons (Fsp3) is 0.562. The number of rotatable bonds is 5. The van der Waals surface area contributed by atoms with Crippen molar-refractivity contribution in [3.8, 4) is 0 Å². The first-order chi connectivity index (χ1) is 11.1. The lowest BCUT2D eigenvalue weighted by molar-refractivity contribution is -0.132. The molecular weight excluding hydrogens is 294 g/mol. The molecule has 23 heavy (non-hydrogen) atoms. The van der Waals surface area contributed by atoms with E-state index in [0.29, 0.717) is 24.6 Å². The minimum atomic E-state index is 0.0325. The van der Waals surface area contributed by atoms with E-state index in [1.54, 1.807) is 18.6 Å². The number of hydrogen-bond donors (Lipinski definition) is 0. The van der Waals surface area contributed by atoms with Crippen LogP contribution in [-0.4, -0.2) is 37.5 Å². The third-order valence-electron chi connectivity index (χ3n) is 4.05. The molecule has 1 aliphatic rings. The lowest BCUT2D eigenvalue weighted by Crippen LogP contribution is -2.31. The van der Waals surface area contributed by atoms with E-state index in [1.165, 1.54) is 0 Å². The van der Waals surface area contributed by atoms with Crippen LogP contribution in [0.15, 0.2) is 23.1 Å². The van der Waals surface area contributed by atoms with E-state index in [2.05, 4.69) is 20.1 Å². The molecule has 0 radical (unpaired) electrons. The summed E-state index contributed by atoms with van der Waals surface area (Å²) in [5.41, 5.74) is 0.859. The van der Waals surface area contributed by atoms with Crippen LogP contribution in [0.25, 0.3) is 0 Å². The molecule has 0 aromatic carbocycles. The highest BCUT2D eigenvalue weighted by molar-refractivity contribution is 5.77. The summed E-state index contributed by atoms with van der Waals surface area (Å²) in [5, 5.41) is 3.92. The summed E-state index contributed by atoms with van der Waals surface area (Å²) in [4.78, 5) is 27.2. The smallest absolute Gasteiger partial charge is 0.227 e. The van der Waals surface area contributed by atoms with Crippen molar-refractivity contribution in [2.45, 2.75) is 51.5 Å². The number of aryl methyl sites for hydroxylation is 1. The highest BCUT2D eigenvalue weighted by atomic mass is 16.5. The molecule has 1 saturated heterocycles. The fourth-order valence-corrected chi connectivity index (χ4v) is 2.82. The number of aromatic nitrogens is 4. The van der Waals surface area contributed by atoms with E-state index in [0.717, 1.165) is 25.1 Å². The summed E-state index contributed by atoms with van der Waals surface area (Å²) in [6.45, 7) is 4.78. The standard InChI is InChI=1S/C16H21N5O2/c1-11(2)16-19-14(23-20-16)5-6-15(22)21-9-3-4-13(21)12-10-17-7-8-18-12/h7-8,10-11,13H,3-6,9H2,1-2H3/t13-/m0/s1. The van der Waals surface area contributed by atoms with Crippen LogP contribution in [0.5, 0.6) is 0 Å². The number of carbonyl (C=O) groups is 1. The number of likely N-dealkylation sites (tertiary alicyclic amines) is 1. The van der Waals surface area contributed by atoms with Gasteiger partial charge in [0.15, 0.2) is 5.82 Å². The molecule has 7 nitrogen and oxygen atoms in total. The van der Waals surface area contributed by atoms with Crippen LogP contribution in [0, 0.1) is 0 Å². The number of amides is 1. The highest BCUT2D eigenvalue weighted by Gasteiger charge is 2.30. The van der Waals surface area contributed by atoms with Crippen LogP contribution < -0.4 is 0 Å². The average molecular weight is 315 g/mol. The third-order valence-corrected chi connectivity index (χ3v) is 4.05. The van der Waals surface area contributed by atoms with E-state index in [4.69, 9.17) is 4.52 Å². The quantitative estimate of drug-likeness (QED) is 0.841. The molecule has 3 rings (SSSR count). The van der Waals surface area contributed by atoms with Gasteiger partial charge in [-0.1, -0.05) is 19.0 Å². The molecule has 1 amide bonds. The molecule has 1 atom stereocenters. The SMILES string of the molecule is CC(C)c1noc(CCC(=O)N2CCC[C@H]2c2cnccn2)n1. The lowest BCUT2D eigenvalue weighted by Gasteiger charge is -2.23. The minimum Gasteiger partial charge on any atom is -0.339 e. The Balaban J connectivity index is 1.61. The largest absolute Gasteiger partial charge is 0.339 e. The predicted octanol–water partition coefficient (Wildman–Crippen LogP) is 2.28. The molecule has 0 N–H and O–H groups in total. The molecule has 7 heteroatoms. The van der Waals surface area contributed by atoms with E-state index in [1.807, 2.05) is 18.7 Å². The number of hydrogen-bond acceptors (Lipinski definition) is 6. The van der Waals surface area contributed by atoms with Gasteiger partial charge in [0.05, 0.1) is 17.9 Å². The molecule has 0 spiro atoms. The van der Waals surface area contributed by atoms with Crippen LogP contribution in [-0.2, 0) is 11.2 Å². The molecule has 0 bridgehead atoms. The van der Waals surface area contributed by atoms with Gasteiger partial charge < -0.3 is 9.42 Å². The topological polar surface area (TPSA) is 85.0 Å². The first kappa shape index (κ1) is 15.6. The van der Waals surface area contributed by atoms with Crippen molar-refractivity contribution in [3.63, 3.8) is 0 Å². The van der Waals surface area contributed by atoms with Gasteiger partial charge in [-0.15, -0.1) is 0 Å². The van der Waals surface area contributed by atoms with Gasteiger partial charge in [0.2, 0.25) is 11.8 Å². The molecule has 1 aliphatic heterocycles. The van der Waals surface area contributed by atoms with Crippen LogP contribution in [0.4, 0.5) is 0 Å². The molecular formula is C16H21N5O2. The number of carbonyl (C=O) groups excluding carboxylic acids is 1. The van der Waals surface area contributed by atoms with Crippen molar-refractivity contribution in [1.82, 2.24) is 25.0 Å². The predicted molar refractivity (Wildman–Crippen MR) is 82.4 cm³/mol. The molecule has 3 heterocycles. The maximum absolute atomic E-state index is 12.5. The Kier molecular flexibility index (Phi) is 4.64. The van der Waals surface area contributed by atoms with Crippen molar-refractivity contribution in [3.05, 3.63) is 36.0 Å². The van der Waals surface area contributed by atoms with E-state index < -0.39 is 0 Å². The second kappa shape index (κ2) is 6.85. The Morgan fingerprint density at radius 1 is 1.43 bits per heavy atom. The van der Waals surface area contributed by atoms with E-state index >= 15 is 0 Å². The summed E-state index contributed by atoms with van der Waals surface area (Å²) < 4.78 is 5.20. The monoisotopic (exact) mass is 315 g/mol. The van der Waals surface area contributed by atoms with Gasteiger partial charge in [-0.25, -0.2) is 0 Å². The Labute approximate surface area is 135 Å². The van der Waals surface area contributed by atoms with Gasteiger partial charge in [-0.3, -0.25) is 14.8 Å². The van der Waals surface area contributed by atoms with Crippen molar-refractivity contribution < 1.29 is 9.32 Å². The van der Waals surface area contributed by atoms with E-state index in [9.17, 15) is 4.79 Å². The third kappa shape index (κ3) is 3.55. The van der Waals surface area contributed by atoms with Crippen LogP contribution >= 0.6 is 0 Å². The summed E-state index contributed by atoms with van der Waals surface area (Å²) in [5.74, 6) is 1.54. The van der Waals surface area contributed by atoms with Crippen molar-refractivity contribution in [1.29, 1.82) is 0 Å². The van der Waals surface area contributed by atoms with E-state index in [-0.39, 0.29) is 17.9 Å². The zero-order valence-corrected chi connectivity index (χ0v) is 13.5.